The van der Waals surface area contributed by atoms with E-state index in [1.807, 2.05) is 0 Å². The van der Waals surface area contributed by atoms with Crippen molar-refractivity contribution in [1.82, 2.24) is 0 Å². The van der Waals surface area contributed by atoms with E-state index in [4.69, 9.17) is 0 Å². The average molecular weight is 250 g/mol. The maximum atomic E-state index is 2.30. The first kappa shape index (κ1) is 15.9. The molecule has 0 heterocycles. The first-order valence-corrected chi connectivity index (χ1v) is 11.7. The summed E-state index contributed by atoms with van der Waals surface area (Å²) < 4.78 is 0. The second-order valence-corrected chi connectivity index (χ2v) is 9.79. The second kappa shape index (κ2) is 14.9. The molecule has 0 aromatic heterocycles. The van der Waals surface area contributed by atoms with E-state index in [0.717, 1.165) is 0 Å². The molecule has 0 aliphatic carbocycles. The van der Waals surface area contributed by atoms with Crippen LogP contribution >= 0.6 is 16.5 Å². The van der Waals surface area contributed by atoms with Gasteiger partial charge in [-0.05, 0) is 0 Å². The Morgan fingerprint density at radius 3 is 2.00 bits per heavy atom. The van der Waals surface area contributed by atoms with Gasteiger partial charge in [0.25, 0.3) is 0 Å². The SMILES string of the molecule is CCCCCCCP[PH3]CCCCCC. The molecular formula is C13H32P2. The zero-order chi connectivity index (χ0) is 11.2. The molecule has 1 atom stereocenters. The monoisotopic (exact) mass is 250 g/mol. The summed E-state index contributed by atoms with van der Waals surface area (Å²) >= 11 is 0. The number of hydrogen-bond donors (Lipinski definition) is 0. The van der Waals surface area contributed by atoms with Gasteiger partial charge in [-0.2, -0.15) is 0 Å². The van der Waals surface area contributed by atoms with Gasteiger partial charge in [-0.15, -0.1) is 0 Å². The van der Waals surface area contributed by atoms with Crippen molar-refractivity contribution < 1.29 is 0 Å². The quantitative estimate of drug-likeness (QED) is 0.327. The summed E-state index contributed by atoms with van der Waals surface area (Å²) in [6, 6.07) is 0. The van der Waals surface area contributed by atoms with E-state index in [2.05, 4.69) is 13.8 Å². The molecule has 0 aliphatic heterocycles. The van der Waals surface area contributed by atoms with Gasteiger partial charge in [0, 0.05) is 0 Å². The van der Waals surface area contributed by atoms with Crippen molar-refractivity contribution in [2.24, 2.45) is 0 Å². The van der Waals surface area contributed by atoms with Crippen molar-refractivity contribution in [2.45, 2.75) is 71.6 Å². The van der Waals surface area contributed by atoms with Gasteiger partial charge in [0.1, 0.15) is 0 Å². The molecule has 0 aromatic rings. The summed E-state index contributed by atoms with van der Waals surface area (Å²) in [6.07, 6.45) is 16.5. The van der Waals surface area contributed by atoms with Gasteiger partial charge in [0.15, 0.2) is 0 Å². The van der Waals surface area contributed by atoms with Crippen LogP contribution in [0.4, 0.5) is 0 Å². The first-order chi connectivity index (χ1) is 7.41. The standard InChI is InChI=1S/C13H32P2/c1-3-5-7-9-11-13-15-14-12-10-8-6-4-2/h15H,3-13H2,1-2,14H3. The summed E-state index contributed by atoms with van der Waals surface area (Å²) in [4.78, 5) is 0. The van der Waals surface area contributed by atoms with E-state index in [-0.39, 0.29) is 0 Å². The molecule has 94 valence electrons. The van der Waals surface area contributed by atoms with Crippen LogP contribution in [-0.2, 0) is 0 Å². The van der Waals surface area contributed by atoms with Gasteiger partial charge in [0.05, 0.1) is 0 Å². The maximum absolute atomic E-state index is 2.30. The molecule has 0 radical (unpaired) electrons. The van der Waals surface area contributed by atoms with Crippen LogP contribution in [0, 0.1) is 0 Å². The second-order valence-electron chi connectivity index (χ2n) is 4.58. The Morgan fingerprint density at radius 2 is 1.33 bits per heavy atom. The van der Waals surface area contributed by atoms with E-state index < -0.39 is 0 Å². The normalized spacial score (nSPS) is 11.9. The van der Waals surface area contributed by atoms with Crippen LogP contribution in [0.3, 0.4) is 0 Å². The Morgan fingerprint density at radius 1 is 0.733 bits per heavy atom. The Labute approximate surface area is 101 Å². The number of unbranched alkanes of at least 4 members (excludes halogenated alkanes) is 7. The molecule has 0 aromatic carbocycles. The predicted octanol–water partition coefficient (Wildman–Crippen LogP) is 5.27. The van der Waals surface area contributed by atoms with Crippen LogP contribution < -0.4 is 0 Å². The van der Waals surface area contributed by atoms with Gasteiger partial charge in [0.2, 0.25) is 0 Å². The third kappa shape index (κ3) is 14.9. The molecule has 1 unspecified atom stereocenters. The molecule has 0 saturated heterocycles. The first-order valence-electron chi connectivity index (χ1n) is 7.12. The van der Waals surface area contributed by atoms with Crippen molar-refractivity contribution in [3.8, 4) is 0 Å². The van der Waals surface area contributed by atoms with Gasteiger partial charge in [-0.1, -0.05) is 0 Å². The van der Waals surface area contributed by atoms with E-state index in [1.165, 1.54) is 59.6 Å². The molecule has 15 heavy (non-hydrogen) atoms. The molecule has 0 amide bonds. The van der Waals surface area contributed by atoms with Crippen LogP contribution in [-0.4, -0.2) is 12.3 Å². The van der Waals surface area contributed by atoms with Crippen molar-refractivity contribution in [1.29, 1.82) is 0 Å². The van der Waals surface area contributed by atoms with E-state index >= 15 is 0 Å². The molecule has 2 heteroatoms. The molecular weight excluding hydrogens is 218 g/mol. The zero-order valence-corrected chi connectivity index (χ0v) is 13.4. The summed E-state index contributed by atoms with van der Waals surface area (Å²) in [5.74, 6) is 0. The molecule has 0 saturated carbocycles. The topological polar surface area (TPSA) is 0 Å². The van der Waals surface area contributed by atoms with Crippen LogP contribution in [0.1, 0.15) is 71.6 Å². The molecule has 0 aliphatic rings. The fraction of sp³-hybridized carbons (Fsp3) is 1.00. The Kier molecular flexibility index (Phi) is 15.7. The van der Waals surface area contributed by atoms with Crippen molar-refractivity contribution >= 4 is 16.5 Å². The molecule has 0 bridgehead atoms. The van der Waals surface area contributed by atoms with Gasteiger partial charge < -0.3 is 0 Å². The van der Waals surface area contributed by atoms with Crippen LogP contribution in [0.25, 0.3) is 0 Å². The summed E-state index contributed by atoms with van der Waals surface area (Å²) in [5.41, 5.74) is 0. The van der Waals surface area contributed by atoms with E-state index in [9.17, 15) is 0 Å². The van der Waals surface area contributed by atoms with Crippen molar-refractivity contribution in [2.75, 3.05) is 12.3 Å². The fourth-order valence-electron chi connectivity index (χ4n) is 1.83. The molecule has 0 N–H and O–H groups in total. The molecule has 0 rings (SSSR count). The van der Waals surface area contributed by atoms with Gasteiger partial charge in [-0.25, -0.2) is 0 Å². The molecule has 0 fully saturated rings. The van der Waals surface area contributed by atoms with Crippen molar-refractivity contribution in [3.05, 3.63) is 0 Å². The minimum absolute atomic E-state index is 0.372. The summed E-state index contributed by atoms with van der Waals surface area (Å²) in [7, 11) is 1.77. The Bertz CT molecular complexity index is 92.7. The minimum atomic E-state index is 0.372. The third-order valence-electron chi connectivity index (χ3n) is 2.91. The third-order valence-corrected chi connectivity index (χ3v) is 8.01. The van der Waals surface area contributed by atoms with Crippen LogP contribution in [0.2, 0.25) is 0 Å². The summed E-state index contributed by atoms with van der Waals surface area (Å²) in [6.45, 7) is 4.60. The van der Waals surface area contributed by atoms with Crippen molar-refractivity contribution in [3.63, 3.8) is 0 Å². The summed E-state index contributed by atoms with van der Waals surface area (Å²) in [5, 5.41) is 0. The zero-order valence-electron chi connectivity index (χ0n) is 11.0. The Balaban J connectivity index is 2.81. The number of hydrogen-bond acceptors (Lipinski definition) is 0. The average Bonchev–Trinajstić information content (AvgIpc) is 2.26. The van der Waals surface area contributed by atoms with Crippen LogP contribution in [0.15, 0.2) is 0 Å². The van der Waals surface area contributed by atoms with Crippen LogP contribution in [0.5, 0.6) is 0 Å². The fourth-order valence-corrected chi connectivity index (χ4v) is 6.44. The Hall–Kier alpha value is 0.860. The number of rotatable bonds is 12. The predicted molar refractivity (Wildman–Crippen MR) is 82.1 cm³/mol. The van der Waals surface area contributed by atoms with E-state index in [1.54, 1.807) is 18.7 Å². The van der Waals surface area contributed by atoms with Gasteiger partial charge >= 0.3 is 100 Å². The molecule has 0 nitrogen and oxygen atoms in total. The van der Waals surface area contributed by atoms with E-state index in [0.29, 0.717) is 8.27 Å². The molecule has 0 spiro atoms. The van der Waals surface area contributed by atoms with Gasteiger partial charge in [-0.3, -0.25) is 0 Å².